The SMILES string of the molecule is CCN(CC)c1ccc(CNCc2ccoc2)cc1. The molecule has 0 fully saturated rings. The first-order valence-electron chi connectivity index (χ1n) is 6.89. The Morgan fingerprint density at radius 2 is 1.63 bits per heavy atom. The molecular formula is C16H22N2O. The number of hydrogen-bond donors (Lipinski definition) is 1. The van der Waals surface area contributed by atoms with Crippen LogP contribution in [0.3, 0.4) is 0 Å². The van der Waals surface area contributed by atoms with Crippen LogP contribution in [0.2, 0.25) is 0 Å². The zero-order valence-electron chi connectivity index (χ0n) is 11.7. The molecule has 0 saturated carbocycles. The second-order valence-electron chi connectivity index (χ2n) is 4.57. The molecule has 0 aliphatic rings. The van der Waals surface area contributed by atoms with Crippen molar-refractivity contribution in [3.05, 3.63) is 54.0 Å². The molecule has 0 bridgehead atoms. The van der Waals surface area contributed by atoms with E-state index in [1.54, 1.807) is 12.5 Å². The van der Waals surface area contributed by atoms with Gasteiger partial charge in [0.1, 0.15) is 0 Å². The third-order valence-corrected chi connectivity index (χ3v) is 3.30. The van der Waals surface area contributed by atoms with E-state index in [-0.39, 0.29) is 0 Å². The van der Waals surface area contributed by atoms with E-state index in [2.05, 4.69) is 48.3 Å². The largest absolute Gasteiger partial charge is 0.472 e. The van der Waals surface area contributed by atoms with Crippen molar-refractivity contribution in [2.45, 2.75) is 26.9 Å². The van der Waals surface area contributed by atoms with Crippen molar-refractivity contribution < 1.29 is 4.42 Å². The summed E-state index contributed by atoms with van der Waals surface area (Å²) in [4.78, 5) is 2.35. The summed E-state index contributed by atoms with van der Waals surface area (Å²) in [5.41, 5.74) is 3.78. The van der Waals surface area contributed by atoms with E-state index in [1.807, 2.05) is 6.07 Å². The van der Waals surface area contributed by atoms with Crippen molar-refractivity contribution in [3.63, 3.8) is 0 Å². The fourth-order valence-corrected chi connectivity index (χ4v) is 2.16. The molecule has 0 unspecified atom stereocenters. The third kappa shape index (κ3) is 3.86. The number of nitrogens with zero attached hydrogens (tertiary/aromatic N) is 1. The van der Waals surface area contributed by atoms with Crippen molar-refractivity contribution in [2.75, 3.05) is 18.0 Å². The van der Waals surface area contributed by atoms with Gasteiger partial charge in [-0.25, -0.2) is 0 Å². The summed E-state index contributed by atoms with van der Waals surface area (Å²) in [5, 5.41) is 3.41. The monoisotopic (exact) mass is 258 g/mol. The quantitative estimate of drug-likeness (QED) is 0.825. The number of hydrogen-bond acceptors (Lipinski definition) is 3. The van der Waals surface area contributed by atoms with Crippen LogP contribution in [0, 0.1) is 0 Å². The Bertz CT molecular complexity index is 458. The van der Waals surface area contributed by atoms with Crippen LogP contribution in [0.1, 0.15) is 25.0 Å². The Hall–Kier alpha value is -1.74. The third-order valence-electron chi connectivity index (χ3n) is 3.30. The zero-order chi connectivity index (χ0) is 13.5. The molecule has 0 atom stereocenters. The molecule has 0 aliphatic heterocycles. The minimum atomic E-state index is 0.842. The fraction of sp³-hybridized carbons (Fsp3) is 0.375. The summed E-state index contributed by atoms with van der Waals surface area (Å²) >= 11 is 0. The summed E-state index contributed by atoms with van der Waals surface area (Å²) in [6, 6.07) is 10.8. The van der Waals surface area contributed by atoms with Gasteiger partial charge in [0.2, 0.25) is 0 Å². The molecule has 1 N–H and O–H groups in total. The normalized spacial score (nSPS) is 10.6. The lowest BCUT2D eigenvalue weighted by Crippen LogP contribution is -2.21. The highest BCUT2D eigenvalue weighted by molar-refractivity contribution is 5.47. The summed E-state index contributed by atoms with van der Waals surface area (Å²) in [6.45, 7) is 8.19. The summed E-state index contributed by atoms with van der Waals surface area (Å²) in [6.07, 6.45) is 3.48. The Balaban J connectivity index is 1.84. The van der Waals surface area contributed by atoms with Crippen molar-refractivity contribution in [2.24, 2.45) is 0 Å². The van der Waals surface area contributed by atoms with Gasteiger partial charge in [0.05, 0.1) is 12.5 Å². The first-order valence-corrected chi connectivity index (χ1v) is 6.89. The number of benzene rings is 1. The lowest BCUT2D eigenvalue weighted by molar-refractivity contribution is 0.560. The molecule has 0 saturated heterocycles. The lowest BCUT2D eigenvalue weighted by atomic mass is 10.2. The van der Waals surface area contributed by atoms with Gasteiger partial charge in [-0.05, 0) is 37.6 Å². The van der Waals surface area contributed by atoms with Crippen LogP contribution in [0.5, 0.6) is 0 Å². The van der Waals surface area contributed by atoms with Gasteiger partial charge in [-0.2, -0.15) is 0 Å². The van der Waals surface area contributed by atoms with E-state index >= 15 is 0 Å². The molecule has 1 aromatic carbocycles. The molecule has 3 heteroatoms. The van der Waals surface area contributed by atoms with Gasteiger partial charge in [0.25, 0.3) is 0 Å². The van der Waals surface area contributed by atoms with E-state index < -0.39 is 0 Å². The summed E-state index contributed by atoms with van der Waals surface area (Å²) < 4.78 is 5.04. The fourth-order valence-electron chi connectivity index (χ4n) is 2.16. The lowest BCUT2D eigenvalue weighted by Gasteiger charge is -2.21. The highest BCUT2D eigenvalue weighted by Gasteiger charge is 2.01. The Kier molecular flexibility index (Phi) is 5.04. The molecule has 1 heterocycles. The molecule has 0 radical (unpaired) electrons. The van der Waals surface area contributed by atoms with Gasteiger partial charge in [-0.15, -0.1) is 0 Å². The molecule has 19 heavy (non-hydrogen) atoms. The molecule has 3 nitrogen and oxygen atoms in total. The van der Waals surface area contributed by atoms with Crippen LogP contribution in [0.25, 0.3) is 0 Å². The van der Waals surface area contributed by atoms with E-state index in [0.29, 0.717) is 0 Å². The molecule has 0 aliphatic carbocycles. The van der Waals surface area contributed by atoms with Crippen molar-refractivity contribution in [3.8, 4) is 0 Å². The minimum absolute atomic E-state index is 0.842. The van der Waals surface area contributed by atoms with E-state index in [1.165, 1.54) is 16.8 Å². The van der Waals surface area contributed by atoms with Crippen molar-refractivity contribution in [1.29, 1.82) is 0 Å². The maximum Gasteiger partial charge on any atom is 0.0947 e. The first kappa shape index (κ1) is 13.7. The molecule has 102 valence electrons. The number of nitrogens with one attached hydrogen (secondary N) is 1. The Labute approximate surface area is 115 Å². The van der Waals surface area contributed by atoms with Crippen LogP contribution in [0.4, 0.5) is 5.69 Å². The molecular weight excluding hydrogens is 236 g/mol. The zero-order valence-corrected chi connectivity index (χ0v) is 11.7. The van der Waals surface area contributed by atoms with Gasteiger partial charge in [-0.3, -0.25) is 0 Å². The highest BCUT2D eigenvalue weighted by Crippen LogP contribution is 2.14. The molecule has 2 rings (SSSR count). The Morgan fingerprint density at radius 3 is 2.21 bits per heavy atom. The van der Waals surface area contributed by atoms with Gasteiger partial charge in [-0.1, -0.05) is 12.1 Å². The Morgan fingerprint density at radius 1 is 0.947 bits per heavy atom. The molecule has 0 amide bonds. The topological polar surface area (TPSA) is 28.4 Å². The van der Waals surface area contributed by atoms with Crippen LogP contribution in [-0.2, 0) is 13.1 Å². The standard InChI is InChI=1S/C16H22N2O/c1-3-18(4-2)16-7-5-14(6-8-16)11-17-12-15-9-10-19-13-15/h5-10,13,17H,3-4,11-12H2,1-2H3. The van der Waals surface area contributed by atoms with Crippen LogP contribution < -0.4 is 10.2 Å². The number of furan rings is 1. The van der Waals surface area contributed by atoms with Crippen molar-refractivity contribution >= 4 is 5.69 Å². The van der Waals surface area contributed by atoms with Crippen molar-refractivity contribution in [1.82, 2.24) is 5.32 Å². The minimum Gasteiger partial charge on any atom is -0.472 e. The number of rotatable bonds is 7. The summed E-state index contributed by atoms with van der Waals surface area (Å²) in [7, 11) is 0. The van der Waals surface area contributed by atoms with Gasteiger partial charge in [0, 0.05) is 37.4 Å². The molecule has 0 spiro atoms. The van der Waals surface area contributed by atoms with Crippen LogP contribution in [0.15, 0.2) is 47.3 Å². The smallest absolute Gasteiger partial charge is 0.0947 e. The predicted octanol–water partition coefficient (Wildman–Crippen LogP) is 3.42. The highest BCUT2D eigenvalue weighted by atomic mass is 16.3. The summed E-state index contributed by atoms with van der Waals surface area (Å²) in [5.74, 6) is 0. The first-order chi connectivity index (χ1) is 9.33. The second kappa shape index (κ2) is 7.00. The van der Waals surface area contributed by atoms with E-state index in [9.17, 15) is 0 Å². The van der Waals surface area contributed by atoms with Crippen LogP contribution >= 0.6 is 0 Å². The maximum atomic E-state index is 5.04. The molecule has 1 aromatic heterocycles. The maximum absolute atomic E-state index is 5.04. The van der Waals surface area contributed by atoms with Gasteiger partial charge in [0.15, 0.2) is 0 Å². The number of anilines is 1. The van der Waals surface area contributed by atoms with Crippen LogP contribution in [-0.4, -0.2) is 13.1 Å². The van der Waals surface area contributed by atoms with E-state index in [4.69, 9.17) is 4.42 Å². The van der Waals surface area contributed by atoms with Gasteiger partial charge < -0.3 is 14.6 Å². The van der Waals surface area contributed by atoms with E-state index in [0.717, 1.165) is 26.2 Å². The molecule has 2 aromatic rings. The second-order valence-corrected chi connectivity index (χ2v) is 4.57. The average Bonchev–Trinajstić information content (AvgIpc) is 2.95. The average molecular weight is 258 g/mol. The predicted molar refractivity (Wildman–Crippen MR) is 79.3 cm³/mol. The van der Waals surface area contributed by atoms with Gasteiger partial charge >= 0.3 is 0 Å².